The molecule has 0 aliphatic carbocycles. The Morgan fingerprint density at radius 3 is 2.57 bits per heavy atom. The zero-order chi connectivity index (χ0) is 16.2. The van der Waals surface area contributed by atoms with Gasteiger partial charge < -0.3 is 15.0 Å². The van der Waals surface area contributed by atoms with E-state index in [-0.39, 0.29) is 5.56 Å². The first kappa shape index (κ1) is 15.2. The van der Waals surface area contributed by atoms with Gasteiger partial charge in [-0.25, -0.2) is 0 Å². The van der Waals surface area contributed by atoms with Crippen molar-refractivity contribution in [1.82, 2.24) is 4.98 Å². The number of fused-ring (bicyclic) bond motifs is 1. The van der Waals surface area contributed by atoms with Crippen LogP contribution in [0.5, 0.6) is 5.75 Å². The highest BCUT2D eigenvalue weighted by Gasteiger charge is 2.04. The average molecular weight is 308 g/mol. The molecule has 4 nitrogen and oxygen atoms in total. The summed E-state index contributed by atoms with van der Waals surface area (Å²) in [7, 11) is 1.61. The molecule has 1 aromatic heterocycles. The van der Waals surface area contributed by atoms with Crippen molar-refractivity contribution in [2.24, 2.45) is 0 Å². The number of aryl methyl sites for hydroxylation is 1. The number of hydrogen-bond donors (Lipinski definition) is 2. The number of ether oxygens (including phenoxy) is 1. The Morgan fingerprint density at radius 2 is 1.87 bits per heavy atom. The van der Waals surface area contributed by atoms with Gasteiger partial charge >= 0.3 is 0 Å². The highest BCUT2D eigenvalue weighted by molar-refractivity contribution is 5.80. The molecule has 0 aliphatic heterocycles. The van der Waals surface area contributed by atoms with Gasteiger partial charge in [0.2, 0.25) is 0 Å². The normalized spacial score (nSPS) is 10.7. The maximum Gasteiger partial charge on any atom is 0.253 e. The van der Waals surface area contributed by atoms with E-state index in [0.717, 1.165) is 28.8 Å². The third kappa shape index (κ3) is 3.37. The minimum atomic E-state index is -0.0802. The van der Waals surface area contributed by atoms with E-state index in [1.165, 1.54) is 5.56 Å². The van der Waals surface area contributed by atoms with Crippen LogP contribution in [0.25, 0.3) is 10.9 Å². The molecule has 3 aromatic rings. The molecule has 0 saturated heterocycles. The number of aromatic nitrogens is 1. The number of anilines is 1. The molecule has 1 heterocycles. The minimum absolute atomic E-state index is 0.0802. The molecular formula is C19H20N2O2. The van der Waals surface area contributed by atoms with Crippen LogP contribution in [0.3, 0.4) is 0 Å². The van der Waals surface area contributed by atoms with Gasteiger partial charge in [-0.15, -0.1) is 0 Å². The Bertz CT molecular complexity index is 867. The van der Waals surface area contributed by atoms with Crippen molar-refractivity contribution in [3.05, 3.63) is 70.0 Å². The van der Waals surface area contributed by atoms with Crippen molar-refractivity contribution in [2.75, 3.05) is 12.4 Å². The Kier molecular flexibility index (Phi) is 4.33. The van der Waals surface area contributed by atoms with Gasteiger partial charge in [-0.3, -0.25) is 4.79 Å². The fraction of sp³-hybridized carbons (Fsp3) is 0.211. The van der Waals surface area contributed by atoms with Gasteiger partial charge in [-0.1, -0.05) is 19.1 Å². The van der Waals surface area contributed by atoms with Crippen LogP contribution in [0, 0.1) is 0 Å². The first-order valence-electron chi connectivity index (χ1n) is 7.72. The second kappa shape index (κ2) is 6.57. The number of pyridine rings is 1. The van der Waals surface area contributed by atoms with Gasteiger partial charge in [0.15, 0.2) is 0 Å². The molecule has 0 amide bonds. The number of hydrogen-bond acceptors (Lipinski definition) is 3. The van der Waals surface area contributed by atoms with Gasteiger partial charge in [-0.05, 0) is 47.7 Å². The standard InChI is InChI=1S/C19H20N2O2/c1-3-13-4-7-16(8-5-13)20-12-15-10-14-6-9-17(23-2)11-18(14)21-19(15)22/h4-11,20H,3,12H2,1-2H3,(H,21,22). The SMILES string of the molecule is CCc1ccc(NCc2cc3ccc(OC)cc3[nH]c2=O)cc1. The lowest BCUT2D eigenvalue weighted by atomic mass is 10.1. The Labute approximate surface area is 135 Å². The Balaban J connectivity index is 1.81. The molecule has 0 unspecified atom stereocenters. The summed E-state index contributed by atoms with van der Waals surface area (Å²) in [5, 5.41) is 4.29. The third-order valence-corrected chi connectivity index (χ3v) is 3.98. The summed E-state index contributed by atoms with van der Waals surface area (Å²) in [4.78, 5) is 15.1. The summed E-state index contributed by atoms with van der Waals surface area (Å²) < 4.78 is 5.18. The summed E-state index contributed by atoms with van der Waals surface area (Å²) in [6.07, 6.45) is 1.02. The van der Waals surface area contributed by atoms with E-state index >= 15 is 0 Å². The zero-order valence-electron chi connectivity index (χ0n) is 13.3. The van der Waals surface area contributed by atoms with Gasteiger partial charge in [0.1, 0.15) is 5.75 Å². The maximum atomic E-state index is 12.2. The van der Waals surface area contributed by atoms with Crippen LogP contribution in [0.15, 0.2) is 53.3 Å². The summed E-state index contributed by atoms with van der Waals surface area (Å²) in [5.41, 5.74) is 3.72. The quantitative estimate of drug-likeness (QED) is 0.755. The molecule has 0 radical (unpaired) electrons. The fourth-order valence-electron chi connectivity index (χ4n) is 2.54. The zero-order valence-corrected chi connectivity index (χ0v) is 13.3. The monoisotopic (exact) mass is 308 g/mol. The van der Waals surface area contributed by atoms with E-state index in [2.05, 4.69) is 29.4 Å². The second-order valence-electron chi connectivity index (χ2n) is 5.48. The molecule has 2 aromatic carbocycles. The number of nitrogens with one attached hydrogen (secondary N) is 2. The lowest BCUT2D eigenvalue weighted by molar-refractivity contribution is 0.415. The number of rotatable bonds is 5. The van der Waals surface area contributed by atoms with E-state index in [9.17, 15) is 4.79 Å². The number of aromatic amines is 1. The van der Waals surface area contributed by atoms with Gasteiger partial charge in [0, 0.05) is 23.9 Å². The molecule has 0 saturated carbocycles. The van der Waals surface area contributed by atoms with Crippen molar-refractivity contribution in [3.8, 4) is 5.75 Å². The molecule has 0 atom stereocenters. The third-order valence-electron chi connectivity index (χ3n) is 3.98. The molecule has 0 spiro atoms. The molecule has 3 rings (SSSR count). The summed E-state index contributed by atoms with van der Waals surface area (Å²) in [6, 6.07) is 15.9. The second-order valence-corrected chi connectivity index (χ2v) is 5.48. The molecule has 2 N–H and O–H groups in total. The lowest BCUT2D eigenvalue weighted by Gasteiger charge is -2.08. The molecular weight excluding hydrogens is 288 g/mol. The fourth-order valence-corrected chi connectivity index (χ4v) is 2.54. The number of H-pyrrole nitrogens is 1. The van der Waals surface area contributed by atoms with E-state index in [4.69, 9.17) is 4.74 Å². The summed E-state index contributed by atoms with van der Waals surface area (Å²) in [5.74, 6) is 0.732. The topological polar surface area (TPSA) is 54.1 Å². The number of methoxy groups -OCH3 is 1. The first-order chi connectivity index (χ1) is 11.2. The molecule has 4 heteroatoms. The van der Waals surface area contributed by atoms with Crippen LogP contribution in [0.1, 0.15) is 18.1 Å². The minimum Gasteiger partial charge on any atom is -0.497 e. The highest BCUT2D eigenvalue weighted by Crippen LogP contribution is 2.19. The highest BCUT2D eigenvalue weighted by atomic mass is 16.5. The van der Waals surface area contributed by atoms with Gasteiger partial charge in [-0.2, -0.15) is 0 Å². The van der Waals surface area contributed by atoms with Gasteiger partial charge in [0.25, 0.3) is 5.56 Å². The first-order valence-corrected chi connectivity index (χ1v) is 7.72. The van der Waals surface area contributed by atoms with Crippen LogP contribution in [-0.2, 0) is 13.0 Å². The van der Waals surface area contributed by atoms with Crippen LogP contribution >= 0.6 is 0 Å². The summed E-state index contributed by atoms with van der Waals surface area (Å²) >= 11 is 0. The number of benzene rings is 2. The largest absolute Gasteiger partial charge is 0.497 e. The summed E-state index contributed by atoms with van der Waals surface area (Å²) in [6.45, 7) is 2.62. The predicted octanol–water partition coefficient (Wildman–Crippen LogP) is 3.71. The lowest BCUT2D eigenvalue weighted by Crippen LogP contribution is -2.15. The maximum absolute atomic E-state index is 12.2. The van der Waals surface area contributed by atoms with Crippen LogP contribution < -0.4 is 15.6 Å². The van der Waals surface area contributed by atoms with Crippen LogP contribution in [0.2, 0.25) is 0 Å². The Hall–Kier alpha value is -2.75. The predicted molar refractivity (Wildman–Crippen MR) is 94.3 cm³/mol. The van der Waals surface area contributed by atoms with Gasteiger partial charge in [0.05, 0.1) is 12.6 Å². The molecule has 0 fully saturated rings. The van der Waals surface area contributed by atoms with E-state index < -0.39 is 0 Å². The average Bonchev–Trinajstić information content (AvgIpc) is 2.60. The molecule has 0 aliphatic rings. The molecule has 23 heavy (non-hydrogen) atoms. The Morgan fingerprint density at radius 1 is 1.09 bits per heavy atom. The van der Waals surface area contributed by atoms with Crippen molar-refractivity contribution in [1.29, 1.82) is 0 Å². The molecule has 0 bridgehead atoms. The van der Waals surface area contributed by atoms with Crippen molar-refractivity contribution in [3.63, 3.8) is 0 Å². The van der Waals surface area contributed by atoms with E-state index in [1.807, 2.05) is 36.4 Å². The van der Waals surface area contributed by atoms with E-state index in [0.29, 0.717) is 12.1 Å². The smallest absolute Gasteiger partial charge is 0.253 e. The van der Waals surface area contributed by atoms with Crippen molar-refractivity contribution >= 4 is 16.6 Å². The van der Waals surface area contributed by atoms with Crippen molar-refractivity contribution in [2.45, 2.75) is 19.9 Å². The van der Waals surface area contributed by atoms with Crippen LogP contribution in [-0.4, -0.2) is 12.1 Å². The molecule has 118 valence electrons. The van der Waals surface area contributed by atoms with E-state index in [1.54, 1.807) is 7.11 Å². The van der Waals surface area contributed by atoms with Crippen LogP contribution in [0.4, 0.5) is 5.69 Å². The van der Waals surface area contributed by atoms with Crippen molar-refractivity contribution < 1.29 is 4.74 Å².